The van der Waals surface area contributed by atoms with Gasteiger partial charge in [0.15, 0.2) is 5.78 Å². The van der Waals surface area contributed by atoms with E-state index in [1.807, 2.05) is 30.3 Å². The van der Waals surface area contributed by atoms with E-state index in [2.05, 4.69) is 0 Å². The Morgan fingerprint density at radius 1 is 1.20 bits per heavy atom. The summed E-state index contributed by atoms with van der Waals surface area (Å²) >= 11 is 1.62. The fourth-order valence-electron chi connectivity index (χ4n) is 2.49. The van der Waals surface area contributed by atoms with E-state index in [0.29, 0.717) is 5.75 Å². The van der Waals surface area contributed by atoms with Crippen molar-refractivity contribution in [1.29, 1.82) is 0 Å². The first-order valence-electron chi connectivity index (χ1n) is 7.04. The molecule has 1 aromatic rings. The van der Waals surface area contributed by atoms with Gasteiger partial charge in [-0.05, 0) is 19.3 Å². The highest BCUT2D eigenvalue weighted by atomic mass is 32.2. The molecular formula is C16H20O3S. The van der Waals surface area contributed by atoms with E-state index < -0.39 is 0 Å². The first-order chi connectivity index (χ1) is 9.66. The SMILES string of the molecule is CC(=O)OC1CCCCC1SCC(=O)c1ccccc1. The average molecular weight is 292 g/mol. The number of ether oxygens (including phenoxy) is 1. The molecule has 2 unspecified atom stereocenters. The van der Waals surface area contributed by atoms with Gasteiger partial charge in [0, 0.05) is 17.7 Å². The molecule has 2 atom stereocenters. The largest absolute Gasteiger partial charge is 0.461 e. The van der Waals surface area contributed by atoms with Crippen molar-refractivity contribution in [2.45, 2.75) is 44.0 Å². The standard InChI is InChI=1S/C16H20O3S/c1-12(17)19-15-9-5-6-10-16(15)20-11-14(18)13-7-3-2-4-8-13/h2-4,7-8,15-16H,5-6,9-11H2,1H3. The van der Waals surface area contributed by atoms with E-state index in [9.17, 15) is 9.59 Å². The summed E-state index contributed by atoms with van der Waals surface area (Å²) in [5, 5.41) is 0.250. The Labute approximate surface area is 124 Å². The highest BCUT2D eigenvalue weighted by molar-refractivity contribution is 8.00. The molecule has 1 saturated carbocycles. The number of ketones is 1. The van der Waals surface area contributed by atoms with Gasteiger partial charge in [0.25, 0.3) is 0 Å². The minimum Gasteiger partial charge on any atom is -0.461 e. The van der Waals surface area contributed by atoms with E-state index >= 15 is 0 Å². The third kappa shape index (κ3) is 4.37. The van der Waals surface area contributed by atoms with Crippen molar-refractivity contribution in [2.24, 2.45) is 0 Å². The van der Waals surface area contributed by atoms with Gasteiger partial charge in [-0.2, -0.15) is 0 Å². The number of hydrogen-bond donors (Lipinski definition) is 0. The van der Waals surface area contributed by atoms with Crippen LogP contribution >= 0.6 is 11.8 Å². The van der Waals surface area contributed by atoms with Crippen LogP contribution in [-0.2, 0) is 9.53 Å². The Kier molecular flexibility index (Phi) is 5.65. The summed E-state index contributed by atoms with van der Waals surface area (Å²) < 4.78 is 5.37. The molecule has 108 valence electrons. The molecule has 1 aliphatic carbocycles. The predicted octanol–water partition coefficient (Wildman–Crippen LogP) is 3.48. The molecule has 0 aromatic heterocycles. The van der Waals surface area contributed by atoms with Crippen molar-refractivity contribution in [3.05, 3.63) is 35.9 Å². The molecule has 0 aliphatic heterocycles. The quantitative estimate of drug-likeness (QED) is 0.615. The second kappa shape index (κ2) is 7.48. The van der Waals surface area contributed by atoms with Gasteiger partial charge in [-0.1, -0.05) is 36.8 Å². The number of Topliss-reactive ketones (excluding diaryl/α,β-unsaturated/α-hetero) is 1. The minimum absolute atomic E-state index is 0.0326. The molecule has 4 heteroatoms. The fraction of sp³-hybridized carbons (Fsp3) is 0.500. The Hall–Kier alpha value is -1.29. The Morgan fingerprint density at radius 2 is 1.90 bits per heavy atom. The zero-order valence-corrected chi connectivity index (χ0v) is 12.5. The lowest BCUT2D eigenvalue weighted by Crippen LogP contribution is -2.32. The van der Waals surface area contributed by atoms with E-state index in [-0.39, 0.29) is 23.1 Å². The van der Waals surface area contributed by atoms with Crippen LogP contribution < -0.4 is 0 Å². The van der Waals surface area contributed by atoms with Crippen LogP contribution in [0.1, 0.15) is 43.0 Å². The van der Waals surface area contributed by atoms with E-state index in [4.69, 9.17) is 4.74 Å². The van der Waals surface area contributed by atoms with Crippen LogP contribution in [0.3, 0.4) is 0 Å². The number of carbonyl (C=O) groups is 2. The molecule has 20 heavy (non-hydrogen) atoms. The molecular weight excluding hydrogens is 272 g/mol. The maximum absolute atomic E-state index is 12.1. The molecule has 0 saturated heterocycles. The van der Waals surface area contributed by atoms with Crippen LogP contribution in [0.2, 0.25) is 0 Å². The van der Waals surface area contributed by atoms with E-state index in [0.717, 1.165) is 31.2 Å². The molecule has 0 N–H and O–H groups in total. The summed E-state index contributed by atoms with van der Waals surface area (Å²) in [5.74, 6) is 0.367. The first kappa shape index (κ1) is 15.1. The van der Waals surface area contributed by atoms with Crippen molar-refractivity contribution in [3.63, 3.8) is 0 Å². The van der Waals surface area contributed by atoms with Crippen molar-refractivity contribution in [2.75, 3.05) is 5.75 Å². The highest BCUT2D eigenvalue weighted by Crippen LogP contribution is 2.31. The monoisotopic (exact) mass is 292 g/mol. The van der Waals surface area contributed by atoms with Gasteiger partial charge < -0.3 is 4.74 Å². The molecule has 2 rings (SSSR count). The van der Waals surface area contributed by atoms with Crippen molar-refractivity contribution < 1.29 is 14.3 Å². The van der Waals surface area contributed by atoms with Gasteiger partial charge in [0.2, 0.25) is 0 Å². The van der Waals surface area contributed by atoms with Crippen molar-refractivity contribution in [1.82, 2.24) is 0 Å². The molecule has 0 radical (unpaired) electrons. The molecule has 1 aliphatic rings. The normalized spacial score (nSPS) is 22.2. The lowest BCUT2D eigenvalue weighted by atomic mass is 9.97. The number of rotatable bonds is 5. The third-order valence-electron chi connectivity index (χ3n) is 3.48. The van der Waals surface area contributed by atoms with Crippen molar-refractivity contribution in [3.8, 4) is 0 Å². The van der Waals surface area contributed by atoms with Crippen LogP contribution in [0.5, 0.6) is 0 Å². The zero-order valence-electron chi connectivity index (χ0n) is 11.7. The minimum atomic E-state index is -0.225. The fourth-order valence-corrected chi connectivity index (χ4v) is 3.76. The van der Waals surface area contributed by atoms with Crippen molar-refractivity contribution >= 4 is 23.5 Å². The lowest BCUT2D eigenvalue weighted by molar-refractivity contribution is -0.147. The third-order valence-corrected chi connectivity index (χ3v) is 4.88. The number of esters is 1. The van der Waals surface area contributed by atoms with Crippen LogP contribution in [0, 0.1) is 0 Å². The number of benzene rings is 1. The lowest BCUT2D eigenvalue weighted by Gasteiger charge is -2.30. The topological polar surface area (TPSA) is 43.4 Å². The molecule has 0 amide bonds. The summed E-state index contributed by atoms with van der Waals surface area (Å²) in [5.41, 5.74) is 0.750. The Morgan fingerprint density at radius 3 is 2.60 bits per heavy atom. The van der Waals surface area contributed by atoms with Gasteiger partial charge >= 0.3 is 5.97 Å². The average Bonchev–Trinajstić information content (AvgIpc) is 2.46. The molecule has 0 bridgehead atoms. The number of carbonyl (C=O) groups excluding carboxylic acids is 2. The Balaban J connectivity index is 1.88. The van der Waals surface area contributed by atoms with Gasteiger partial charge in [-0.15, -0.1) is 11.8 Å². The summed E-state index contributed by atoms with van der Waals surface area (Å²) in [6, 6.07) is 9.34. The first-order valence-corrected chi connectivity index (χ1v) is 8.09. The smallest absolute Gasteiger partial charge is 0.302 e. The van der Waals surface area contributed by atoms with Crippen LogP contribution in [0.25, 0.3) is 0 Å². The molecule has 3 nitrogen and oxygen atoms in total. The summed E-state index contributed by atoms with van der Waals surface area (Å²) in [4.78, 5) is 23.2. The van der Waals surface area contributed by atoms with Gasteiger partial charge in [-0.3, -0.25) is 9.59 Å². The zero-order chi connectivity index (χ0) is 14.4. The number of hydrogen-bond acceptors (Lipinski definition) is 4. The summed E-state index contributed by atoms with van der Waals surface area (Å²) in [7, 11) is 0. The summed E-state index contributed by atoms with van der Waals surface area (Å²) in [6.45, 7) is 1.45. The van der Waals surface area contributed by atoms with E-state index in [1.54, 1.807) is 11.8 Å². The maximum Gasteiger partial charge on any atom is 0.302 e. The number of thioether (sulfide) groups is 1. The summed E-state index contributed by atoms with van der Waals surface area (Å²) in [6.07, 6.45) is 4.15. The van der Waals surface area contributed by atoms with Gasteiger partial charge in [0.05, 0.1) is 5.75 Å². The van der Waals surface area contributed by atoms with Crippen LogP contribution in [0.4, 0.5) is 0 Å². The van der Waals surface area contributed by atoms with Gasteiger partial charge in [0.1, 0.15) is 6.10 Å². The highest BCUT2D eigenvalue weighted by Gasteiger charge is 2.28. The molecule has 0 spiro atoms. The van der Waals surface area contributed by atoms with Crippen LogP contribution in [0.15, 0.2) is 30.3 Å². The second-order valence-corrected chi connectivity index (χ2v) is 6.30. The molecule has 0 heterocycles. The Bertz CT molecular complexity index is 458. The maximum atomic E-state index is 12.1. The molecule has 1 aromatic carbocycles. The van der Waals surface area contributed by atoms with E-state index in [1.165, 1.54) is 6.92 Å². The van der Waals surface area contributed by atoms with Crippen LogP contribution in [-0.4, -0.2) is 28.9 Å². The predicted molar refractivity (Wildman–Crippen MR) is 81.0 cm³/mol. The second-order valence-electron chi connectivity index (χ2n) is 5.07. The molecule has 1 fully saturated rings. The van der Waals surface area contributed by atoms with Gasteiger partial charge in [-0.25, -0.2) is 0 Å².